The summed E-state index contributed by atoms with van der Waals surface area (Å²) in [5, 5.41) is 12.2. The summed E-state index contributed by atoms with van der Waals surface area (Å²) in [5.74, 6) is 0.137. The van der Waals surface area contributed by atoms with Crippen LogP contribution in [0, 0.1) is 11.3 Å². The molecule has 0 aromatic heterocycles. The number of hydrogen-bond acceptors (Lipinski definition) is 3. The van der Waals surface area contributed by atoms with Gasteiger partial charge in [-0.1, -0.05) is 30.3 Å². The van der Waals surface area contributed by atoms with Crippen molar-refractivity contribution in [3.05, 3.63) is 35.9 Å². The number of nitriles is 1. The molecule has 1 amide bonds. The number of piperidine rings is 1. The third-order valence-electron chi connectivity index (χ3n) is 4.56. The van der Waals surface area contributed by atoms with Crippen molar-refractivity contribution in [3.8, 4) is 6.07 Å². The standard InChI is InChI=1S/C17H23N3O/c1-14(8-11-18)20(2)16(21)17(9-12-19-13-10-17)15-6-4-3-5-7-15/h3-7,14,19H,8-10,12-13H2,1-2H3. The minimum atomic E-state index is -0.453. The summed E-state index contributed by atoms with van der Waals surface area (Å²) in [6.45, 7) is 3.63. The Bertz CT molecular complexity index is 515. The summed E-state index contributed by atoms with van der Waals surface area (Å²) in [6.07, 6.45) is 1.98. The van der Waals surface area contributed by atoms with Gasteiger partial charge in [-0.25, -0.2) is 0 Å². The molecule has 1 heterocycles. The predicted molar refractivity (Wildman–Crippen MR) is 82.7 cm³/mol. The average molecular weight is 285 g/mol. The number of nitrogens with one attached hydrogen (secondary N) is 1. The van der Waals surface area contributed by atoms with E-state index < -0.39 is 5.41 Å². The van der Waals surface area contributed by atoms with E-state index in [0.29, 0.717) is 6.42 Å². The molecule has 1 aliphatic rings. The first-order valence-corrected chi connectivity index (χ1v) is 7.52. The van der Waals surface area contributed by atoms with Crippen LogP contribution in [0.5, 0.6) is 0 Å². The fraction of sp³-hybridized carbons (Fsp3) is 0.529. The predicted octanol–water partition coefficient (Wildman–Crippen LogP) is 2.07. The number of amides is 1. The smallest absolute Gasteiger partial charge is 0.233 e. The maximum Gasteiger partial charge on any atom is 0.233 e. The topological polar surface area (TPSA) is 56.1 Å². The summed E-state index contributed by atoms with van der Waals surface area (Å²) >= 11 is 0. The molecule has 0 radical (unpaired) electrons. The first-order chi connectivity index (χ1) is 10.1. The minimum Gasteiger partial charge on any atom is -0.341 e. The van der Waals surface area contributed by atoms with Gasteiger partial charge in [0, 0.05) is 13.1 Å². The highest BCUT2D eigenvalue weighted by molar-refractivity contribution is 5.88. The van der Waals surface area contributed by atoms with Crippen molar-refractivity contribution >= 4 is 5.91 Å². The van der Waals surface area contributed by atoms with Crippen LogP contribution in [0.1, 0.15) is 31.7 Å². The van der Waals surface area contributed by atoms with Crippen molar-refractivity contribution < 1.29 is 4.79 Å². The zero-order chi connectivity index (χ0) is 15.3. The van der Waals surface area contributed by atoms with Crippen LogP contribution in [0.2, 0.25) is 0 Å². The molecule has 1 aromatic carbocycles. The van der Waals surface area contributed by atoms with Crippen LogP contribution in [-0.2, 0) is 10.2 Å². The van der Waals surface area contributed by atoms with E-state index in [1.54, 1.807) is 4.90 Å². The summed E-state index contributed by atoms with van der Waals surface area (Å²) in [4.78, 5) is 14.9. The van der Waals surface area contributed by atoms with Crippen molar-refractivity contribution in [2.45, 2.75) is 37.6 Å². The molecule has 0 saturated carbocycles. The van der Waals surface area contributed by atoms with Crippen LogP contribution in [0.25, 0.3) is 0 Å². The van der Waals surface area contributed by atoms with Gasteiger partial charge in [-0.15, -0.1) is 0 Å². The van der Waals surface area contributed by atoms with Gasteiger partial charge < -0.3 is 10.2 Å². The lowest BCUT2D eigenvalue weighted by Gasteiger charge is -2.40. The minimum absolute atomic E-state index is 0.0574. The van der Waals surface area contributed by atoms with E-state index in [1.165, 1.54) is 0 Å². The monoisotopic (exact) mass is 285 g/mol. The van der Waals surface area contributed by atoms with Gasteiger partial charge in [0.2, 0.25) is 5.91 Å². The van der Waals surface area contributed by atoms with Gasteiger partial charge in [0.25, 0.3) is 0 Å². The lowest BCUT2D eigenvalue weighted by atomic mass is 9.72. The third kappa shape index (κ3) is 3.08. The van der Waals surface area contributed by atoms with E-state index in [9.17, 15) is 4.79 Å². The largest absolute Gasteiger partial charge is 0.341 e. The highest BCUT2D eigenvalue weighted by atomic mass is 16.2. The maximum atomic E-state index is 13.1. The second-order valence-corrected chi connectivity index (χ2v) is 5.83. The molecule has 1 fully saturated rings. The number of benzene rings is 1. The molecule has 1 atom stereocenters. The molecule has 4 nitrogen and oxygen atoms in total. The van der Waals surface area contributed by atoms with Crippen LogP contribution in [0.3, 0.4) is 0 Å². The molecule has 21 heavy (non-hydrogen) atoms. The van der Waals surface area contributed by atoms with Crippen LogP contribution < -0.4 is 5.32 Å². The lowest BCUT2D eigenvalue weighted by Crippen LogP contribution is -2.53. The van der Waals surface area contributed by atoms with Crippen molar-refractivity contribution in [2.75, 3.05) is 20.1 Å². The highest BCUT2D eigenvalue weighted by Gasteiger charge is 2.43. The molecule has 0 bridgehead atoms. The van der Waals surface area contributed by atoms with Gasteiger partial charge >= 0.3 is 0 Å². The Hall–Kier alpha value is -1.86. The molecular weight excluding hydrogens is 262 g/mol. The van der Waals surface area contributed by atoms with Gasteiger partial charge in [-0.2, -0.15) is 5.26 Å². The molecule has 0 spiro atoms. The van der Waals surface area contributed by atoms with E-state index in [4.69, 9.17) is 5.26 Å². The lowest BCUT2D eigenvalue weighted by molar-refractivity contribution is -0.139. The van der Waals surface area contributed by atoms with Gasteiger partial charge in [-0.05, 0) is 38.4 Å². The molecule has 1 saturated heterocycles. The fourth-order valence-corrected chi connectivity index (χ4v) is 3.04. The fourth-order valence-electron chi connectivity index (χ4n) is 3.04. The average Bonchev–Trinajstić information content (AvgIpc) is 2.55. The quantitative estimate of drug-likeness (QED) is 0.921. The Morgan fingerprint density at radius 1 is 1.38 bits per heavy atom. The van der Waals surface area contributed by atoms with Gasteiger partial charge in [-0.3, -0.25) is 4.79 Å². The molecular formula is C17H23N3O. The van der Waals surface area contributed by atoms with Gasteiger partial charge in [0.1, 0.15) is 0 Å². The van der Waals surface area contributed by atoms with E-state index in [0.717, 1.165) is 31.5 Å². The molecule has 112 valence electrons. The first-order valence-electron chi connectivity index (χ1n) is 7.52. The van der Waals surface area contributed by atoms with E-state index in [-0.39, 0.29) is 11.9 Å². The molecule has 4 heteroatoms. The summed E-state index contributed by atoms with van der Waals surface area (Å²) in [7, 11) is 1.82. The Balaban J connectivity index is 2.32. The summed E-state index contributed by atoms with van der Waals surface area (Å²) < 4.78 is 0. The number of carbonyl (C=O) groups excluding carboxylic acids is 1. The van der Waals surface area contributed by atoms with Crippen LogP contribution in [0.15, 0.2) is 30.3 Å². The second kappa shape index (κ2) is 6.73. The van der Waals surface area contributed by atoms with E-state index in [2.05, 4.69) is 11.4 Å². The van der Waals surface area contributed by atoms with Crippen molar-refractivity contribution in [1.82, 2.24) is 10.2 Å². The number of rotatable bonds is 4. The third-order valence-corrected chi connectivity index (χ3v) is 4.56. The Morgan fingerprint density at radius 3 is 2.57 bits per heavy atom. The molecule has 2 rings (SSSR count). The number of nitrogens with zero attached hydrogens (tertiary/aromatic N) is 2. The molecule has 1 unspecified atom stereocenters. The van der Waals surface area contributed by atoms with Crippen molar-refractivity contribution in [3.63, 3.8) is 0 Å². The van der Waals surface area contributed by atoms with E-state index in [1.807, 2.05) is 44.3 Å². The van der Waals surface area contributed by atoms with E-state index >= 15 is 0 Å². The maximum absolute atomic E-state index is 13.1. The Morgan fingerprint density at radius 2 is 2.00 bits per heavy atom. The van der Waals surface area contributed by atoms with Crippen molar-refractivity contribution in [2.24, 2.45) is 0 Å². The van der Waals surface area contributed by atoms with Crippen molar-refractivity contribution in [1.29, 1.82) is 5.26 Å². The molecule has 1 aliphatic heterocycles. The molecule has 0 aliphatic carbocycles. The number of carbonyl (C=O) groups is 1. The normalized spacial score (nSPS) is 18.5. The zero-order valence-electron chi connectivity index (χ0n) is 12.8. The SMILES string of the molecule is CC(CC#N)N(C)C(=O)C1(c2ccccc2)CCNCC1. The first kappa shape index (κ1) is 15.5. The Kier molecular flexibility index (Phi) is 4.98. The number of hydrogen-bond donors (Lipinski definition) is 1. The van der Waals surface area contributed by atoms with Gasteiger partial charge in [0.05, 0.1) is 17.9 Å². The van der Waals surface area contributed by atoms with Crippen LogP contribution in [0.4, 0.5) is 0 Å². The van der Waals surface area contributed by atoms with Gasteiger partial charge in [0.15, 0.2) is 0 Å². The molecule has 1 aromatic rings. The Labute approximate surface area is 126 Å². The summed E-state index contributed by atoms with van der Waals surface area (Å²) in [6, 6.07) is 12.1. The highest BCUT2D eigenvalue weighted by Crippen LogP contribution is 2.35. The van der Waals surface area contributed by atoms with Crippen LogP contribution >= 0.6 is 0 Å². The van der Waals surface area contributed by atoms with Crippen LogP contribution in [-0.4, -0.2) is 37.0 Å². The number of likely N-dealkylation sites (N-methyl/N-ethyl adjacent to an activating group) is 1. The summed E-state index contributed by atoms with van der Waals surface area (Å²) in [5.41, 5.74) is 0.637. The second-order valence-electron chi connectivity index (χ2n) is 5.83. The molecule has 1 N–H and O–H groups in total. The zero-order valence-corrected chi connectivity index (χ0v) is 12.8.